The minimum Gasteiger partial charge on any atom is -0.0798 e. The molecule has 0 aliphatic heterocycles. The van der Waals surface area contributed by atoms with Crippen LogP contribution in [0.25, 0.3) is 5.57 Å². The van der Waals surface area contributed by atoms with Crippen molar-refractivity contribution < 1.29 is 0 Å². The second-order valence-electron chi connectivity index (χ2n) is 13.8. The van der Waals surface area contributed by atoms with Gasteiger partial charge in [0.05, 0.1) is 0 Å². The van der Waals surface area contributed by atoms with E-state index in [0.29, 0.717) is 0 Å². The molecule has 0 heterocycles. The van der Waals surface area contributed by atoms with Gasteiger partial charge in [0.25, 0.3) is 0 Å². The predicted octanol–water partition coefficient (Wildman–Crippen LogP) is 11.7. The average Bonchev–Trinajstić information content (AvgIpc) is 3.13. The van der Waals surface area contributed by atoms with Crippen LogP contribution in [0.3, 0.4) is 0 Å². The molecule has 0 bridgehead atoms. The highest BCUT2D eigenvalue weighted by Gasteiger charge is 2.37. The minimum absolute atomic E-state index is 0.255. The number of hydrogen-bond donors (Lipinski definition) is 0. The van der Waals surface area contributed by atoms with Crippen LogP contribution < -0.4 is 0 Å². The van der Waals surface area contributed by atoms with Gasteiger partial charge in [0.2, 0.25) is 0 Å². The molecule has 0 amide bonds. The lowest BCUT2D eigenvalue weighted by Gasteiger charge is -2.42. The Labute approximate surface area is 231 Å². The topological polar surface area (TPSA) is 0 Å². The Morgan fingerprint density at radius 3 is 2.35 bits per heavy atom. The molecule has 0 spiro atoms. The Hall–Kier alpha value is -1.56. The van der Waals surface area contributed by atoms with E-state index in [9.17, 15) is 0 Å². The van der Waals surface area contributed by atoms with Gasteiger partial charge in [-0.25, -0.2) is 0 Å². The van der Waals surface area contributed by atoms with Crippen LogP contribution in [0.4, 0.5) is 0 Å². The molecule has 2 unspecified atom stereocenters. The summed E-state index contributed by atoms with van der Waals surface area (Å²) in [5.74, 6) is 2.70. The van der Waals surface area contributed by atoms with Crippen molar-refractivity contribution in [3.63, 3.8) is 0 Å². The molecule has 0 radical (unpaired) electrons. The predicted molar refractivity (Wildman–Crippen MR) is 166 cm³/mol. The third-order valence-corrected chi connectivity index (χ3v) is 10.1. The van der Waals surface area contributed by atoms with Gasteiger partial charge >= 0.3 is 0 Å². The van der Waals surface area contributed by atoms with E-state index in [-0.39, 0.29) is 10.8 Å². The van der Waals surface area contributed by atoms with Crippen LogP contribution >= 0.6 is 0 Å². The standard InChI is InChI=1S/C37H58/c1-9-14-29(10-2)19-20-30-16-13-18-32(22-21-30)28(4)15-12-17-31(11-3)33-23-24-34-35(27-33)37(7,8)26-25-36(34,5)6/h11-12,15,17,23-24,27,29-30,32H,9-10,13-14,16,18-22,25-26H2,1-8H3/b17-12-,28-15+,31-11-/t29-,30?,32?/m0/s1. The van der Waals surface area contributed by atoms with Gasteiger partial charge in [-0.05, 0) is 96.8 Å². The van der Waals surface area contributed by atoms with Crippen LogP contribution in [0.5, 0.6) is 0 Å². The highest BCUT2D eigenvalue weighted by molar-refractivity contribution is 5.75. The largest absolute Gasteiger partial charge is 0.0798 e. The second-order valence-corrected chi connectivity index (χ2v) is 13.8. The molecule has 3 atom stereocenters. The molecule has 0 heteroatoms. The fourth-order valence-electron chi connectivity index (χ4n) is 7.12. The first-order chi connectivity index (χ1) is 17.6. The second kappa shape index (κ2) is 13.5. The fourth-order valence-corrected chi connectivity index (χ4v) is 7.12. The quantitative estimate of drug-likeness (QED) is 0.220. The molecule has 1 aromatic carbocycles. The van der Waals surface area contributed by atoms with Crippen molar-refractivity contribution in [2.45, 2.75) is 143 Å². The van der Waals surface area contributed by atoms with Crippen molar-refractivity contribution >= 4 is 5.57 Å². The maximum absolute atomic E-state index is 2.49. The Kier molecular flexibility index (Phi) is 10.9. The van der Waals surface area contributed by atoms with Crippen LogP contribution in [0.1, 0.15) is 149 Å². The van der Waals surface area contributed by atoms with Crippen LogP contribution in [0.15, 0.2) is 48.1 Å². The number of allylic oxidation sites excluding steroid dienone is 6. The molecule has 0 aromatic heterocycles. The molecular weight excluding hydrogens is 444 g/mol. The van der Waals surface area contributed by atoms with E-state index in [1.165, 1.54) is 88.2 Å². The summed E-state index contributed by atoms with van der Waals surface area (Å²) in [5, 5.41) is 0. The molecule has 2 aliphatic carbocycles. The SMILES string of the molecule is C/C=C(/C=C\C=C(/C)C1CCCC(CC[C@@H](CC)CCC)CC1)c1ccc2c(c1)C(C)(C)CCC2(C)C. The Morgan fingerprint density at radius 2 is 1.68 bits per heavy atom. The van der Waals surface area contributed by atoms with Crippen molar-refractivity contribution in [3.8, 4) is 0 Å². The number of fused-ring (bicyclic) bond motifs is 1. The van der Waals surface area contributed by atoms with Crippen molar-refractivity contribution in [2.24, 2.45) is 17.8 Å². The summed E-state index contributed by atoms with van der Waals surface area (Å²) in [6.45, 7) is 19.0. The third kappa shape index (κ3) is 7.97. The van der Waals surface area contributed by atoms with E-state index >= 15 is 0 Å². The maximum Gasteiger partial charge on any atom is -0.0100 e. The van der Waals surface area contributed by atoms with Gasteiger partial charge in [-0.2, -0.15) is 0 Å². The van der Waals surface area contributed by atoms with Gasteiger partial charge in [-0.3, -0.25) is 0 Å². The van der Waals surface area contributed by atoms with E-state index in [0.717, 1.165) is 17.8 Å². The number of rotatable bonds is 10. The average molecular weight is 503 g/mol. The Balaban J connectivity index is 1.63. The molecule has 0 nitrogen and oxygen atoms in total. The summed E-state index contributed by atoms with van der Waals surface area (Å²) in [5.41, 5.74) is 7.91. The Morgan fingerprint density at radius 1 is 0.946 bits per heavy atom. The van der Waals surface area contributed by atoms with E-state index in [2.05, 4.69) is 97.9 Å². The van der Waals surface area contributed by atoms with Gasteiger partial charge in [0.1, 0.15) is 0 Å². The summed E-state index contributed by atoms with van der Waals surface area (Å²) in [6.07, 6.45) is 26.0. The molecule has 0 N–H and O–H groups in total. The molecule has 1 aromatic rings. The molecule has 37 heavy (non-hydrogen) atoms. The molecule has 206 valence electrons. The first-order valence-corrected chi connectivity index (χ1v) is 15.8. The van der Waals surface area contributed by atoms with Crippen molar-refractivity contribution in [1.29, 1.82) is 0 Å². The fraction of sp³-hybridized carbons (Fsp3) is 0.676. The van der Waals surface area contributed by atoms with Crippen molar-refractivity contribution in [2.75, 3.05) is 0 Å². The smallest absolute Gasteiger partial charge is 0.0100 e. The Bertz CT molecular complexity index is 950. The zero-order valence-electron chi connectivity index (χ0n) is 25.8. The van der Waals surface area contributed by atoms with Crippen molar-refractivity contribution in [3.05, 3.63) is 64.8 Å². The van der Waals surface area contributed by atoms with Crippen LogP contribution in [-0.4, -0.2) is 0 Å². The molecule has 1 saturated carbocycles. The highest BCUT2D eigenvalue weighted by Crippen LogP contribution is 2.46. The van der Waals surface area contributed by atoms with E-state index in [4.69, 9.17) is 0 Å². The zero-order valence-corrected chi connectivity index (χ0v) is 25.8. The lowest BCUT2D eigenvalue weighted by atomic mass is 9.63. The van der Waals surface area contributed by atoms with E-state index < -0.39 is 0 Å². The van der Waals surface area contributed by atoms with Crippen molar-refractivity contribution in [1.82, 2.24) is 0 Å². The van der Waals surface area contributed by atoms with Gasteiger partial charge in [-0.1, -0.05) is 135 Å². The third-order valence-electron chi connectivity index (χ3n) is 10.1. The minimum atomic E-state index is 0.255. The monoisotopic (exact) mass is 502 g/mol. The summed E-state index contributed by atoms with van der Waals surface area (Å²) in [7, 11) is 0. The lowest BCUT2D eigenvalue weighted by Crippen LogP contribution is -2.33. The molecular formula is C37H58. The number of hydrogen-bond acceptors (Lipinski definition) is 0. The summed E-state index contributed by atoms with van der Waals surface area (Å²) in [4.78, 5) is 0. The summed E-state index contributed by atoms with van der Waals surface area (Å²) >= 11 is 0. The van der Waals surface area contributed by atoms with Gasteiger partial charge in [0, 0.05) is 0 Å². The number of benzene rings is 1. The molecule has 0 saturated heterocycles. The summed E-state index contributed by atoms with van der Waals surface area (Å²) < 4.78 is 0. The van der Waals surface area contributed by atoms with Gasteiger partial charge in [-0.15, -0.1) is 0 Å². The normalized spacial score (nSPS) is 25.1. The van der Waals surface area contributed by atoms with Crippen LogP contribution in [0, 0.1) is 17.8 Å². The van der Waals surface area contributed by atoms with Crippen LogP contribution in [-0.2, 0) is 10.8 Å². The van der Waals surface area contributed by atoms with Gasteiger partial charge < -0.3 is 0 Å². The molecule has 2 aliphatic rings. The summed E-state index contributed by atoms with van der Waals surface area (Å²) in [6, 6.07) is 7.26. The highest BCUT2D eigenvalue weighted by atomic mass is 14.4. The molecule has 1 fully saturated rings. The zero-order chi connectivity index (χ0) is 27.1. The first-order valence-electron chi connectivity index (χ1n) is 15.8. The van der Waals surface area contributed by atoms with E-state index in [1.54, 1.807) is 16.7 Å². The lowest BCUT2D eigenvalue weighted by molar-refractivity contribution is 0.332. The van der Waals surface area contributed by atoms with Gasteiger partial charge in [0.15, 0.2) is 0 Å². The first kappa shape index (κ1) is 30.0. The van der Waals surface area contributed by atoms with E-state index in [1.807, 2.05) is 0 Å². The molecule has 3 rings (SSSR count). The van der Waals surface area contributed by atoms with Crippen LogP contribution in [0.2, 0.25) is 0 Å². The maximum atomic E-state index is 2.49.